The highest BCUT2D eigenvalue weighted by Gasteiger charge is 2.36. The van der Waals surface area contributed by atoms with Crippen LogP contribution in [-0.2, 0) is 4.79 Å². The summed E-state index contributed by atoms with van der Waals surface area (Å²) in [6.07, 6.45) is 1.72. The molecule has 0 spiro atoms. The van der Waals surface area contributed by atoms with Gasteiger partial charge in [0.05, 0.1) is 30.0 Å². The van der Waals surface area contributed by atoms with E-state index >= 15 is 0 Å². The summed E-state index contributed by atoms with van der Waals surface area (Å²) in [5.41, 5.74) is 3.39. The van der Waals surface area contributed by atoms with Crippen molar-refractivity contribution in [3.8, 4) is 22.8 Å². The zero-order valence-electron chi connectivity index (χ0n) is 24.4. The van der Waals surface area contributed by atoms with Crippen molar-refractivity contribution in [3.05, 3.63) is 101 Å². The van der Waals surface area contributed by atoms with Crippen molar-refractivity contribution < 1.29 is 18.7 Å². The van der Waals surface area contributed by atoms with E-state index in [1.807, 2.05) is 64.1 Å². The van der Waals surface area contributed by atoms with E-state index in [0.717, 1.165) is 15.6 Å². The molecule has 1 aliphatic rings. The number of fused-ring (bicyclic) bond motifs is 1. The van der Waals surface area contributed by atoms with Crippen molar-refractivity contribution in [1.82, 2.24) is 9.47 Å². The van der Waals surface area contributed by atoms with Gasteiger partial charge in [0.1, 0.15) is 29.1 Å². The number of nitrogens with zero attached hydrogens (tertiary/aromatic N) is 3. The Morgan fingerprint density at radius 1 is 1.10 bits per heavy atom. The number of halogens is 1. The molecule has 0 N–H and O–H groups in total. The third kappa shape index (κ3) is 5.36. The van der Waals surface area contributed by atoms with Crippen LogP contribution in [0.1, 0.15) is 43.7 Å². The van der Waals surface area contributed by atoms with Gasteiger partial charge in [0, 0.05) is 34.8 Å². The second-order valence-corrected chi connectivity index (χ2v) is 11.7. The summed E-state index contributed by atoms with van der Waals surface area (Å²) in [7, 11) is 3.14. The normalized spacial score (nSPS) is 14.9. The Hall–Kier alpha value is -3.89. The van der Waals surface area contributed by atoms with Gasteiger partial charge in [0.15, 0.2) is 4.80 Å². The van der Waals surface area contributed by atoms with Crippen LogP contribution >= 0.6 is 27.3 Å². The van der Waals surface area contributed by atoms with Crippen molar-refractivity contribution in [2.45, 2.75) is 33.7 Å². The van der Waals surface area contributed by atoms with Gasteiger partial charge in [-0.2, -0.15) is 0 Å². The van der Waals surface area contributed by atoms with Crippen molar-refractivity contribution in [2.75, 3.05) is 27.3 Å². The van der Waals surface area contributed by atoms with Crippen LogP contribution in [0.4, 0.5) is 0 Å². The second-order valence-electron chi connectivity index (χ2n) is 9.85. The molecule has 1 aliphatic heterocycles. The summed E-state index contributed by atoms with van der Waals surface area (Å²) in [5.74, 6) is 2.16. The minimum absolute atomic E-state index is 0.176. The number of benzene rings is 2. The zero-order valence-corrected chi connectivity index (χ0v) is 26.8. The lowest BCUT2D eigenvalue weighted by molar-refractivity contribution is -0.127. The minimum Gasteiger partial charge on any atom is -0.497 e. The van der Waals surface area contributed by atoms with Gasteiger partial charge in [-0.05, 0) is 75.7 Å². The number of likely N-dealkylation sites (N-methyl/N-ethyl adjacent to an activating group) is 1. The van der Waals surface area contributed by atoms with Crippen molar-refractivity contribution >= 4 is 39.2 Å². The molecule has 5 rings (SSSR count). The van der Waals surface area contributed by atoms with Gasteiger partial charge >= 0.3 is 0 Å². The maximum atomic E-state index is 14.1. The number of amides is 1. The van der Waals surface area contributed by atoms with E-state index in [9.17, 15) is 9.59 Å². The number of furan rings is 1. The van der Waals surface area contributed by atoms with E-state index in [2.05, 4.69) is 15.9 Å². The molecule has 8 nitrogen and oxygen atoms in total. The second kappa shape index (κ2) is 12.1. The average Bonchev–Trinajstić information content (AvgIpc) is 3.56. The van der Waals surface area contributed by atoms with Crippen molar-refractivity contribution in [1.29, 1.82) is 0 Å². The molecular weight excluding hydrogens is 618 g/mol. The first-order chi connectivity index (χ1) is 20.2. The molecule has 0 saturated carbocycles. The summed E-state index contributed by atoms with van der Waals surface area (Å²) < 4.78 is 20.3. The van der Waals surface area contributed by atoms with Gasteiger partial charge in [-0.1, -0.05) is 33.3 Å². The molecule has 0 fully saturated rings. The summed E-state index contributed by atoms with van der Waals surface area (Å²) in [4.78, 5) is 35.0. The van der Waals surface area contributed by atoms with Gasteiger partial charge in [-0.25, -0.2) is 4.99 Å². The van der Waals surface area contributed by atoms with Crippen LogP contribution in [0.25, 0.3) is 17.4 Å². The number of aromatic nitrogens is 1. The van der Waals surface area contributed by atoms with E-state index in [1.165, 1.54) is 11.3 Å². The van der Waals surface area contributed by atoms with Crippen LogP contribution in [0.3, 0.4) is 0 Å². The first-order valence-corrected chi connectivity index (χ1v) is 15.2. The van der Waals surface area contributed by atoms with E-state index in [1.54, 1.807) is 41.9 Å². The van der Waals surface area contributed by atoms with Gasteiger partial charge in [0.2, 0.25) is 0 Å². The highest BCUT2D eigenvalue weighted by atomic mass is 79.9. The van der Waals surface area contributed by atoms with Crippen LogP contribution in [0.15, 0.2) is 78.5 Å². The predicted octanol–water partition coefficient (Wildman–Crippen LogP) is 5.45. The molecule has 0 unspecified atom stereocenters. The highest BCUT2D eigenvalue weighted by Crippen LogP contribution is 2.38. The topological polar surface area (TPSA) is 86.3 Å². The molecule has 4 aromatic rings. The van der Waals surface area contributed by atoms with Crippen LogP contribution < -0.4 is 24.4 Å². The number of rotatable bonds is 8. The lowest BCUT2D eigenvalue weighted by Gasteiger charge is -2.30. The SMILES string of the molecule is CCN(CC)C(=O)C1=C(C)N=c2s/c(=C/c3ccc(-c4ccc(C)cc4Br)o3)c(=O)n2[C@@H]1c1cc(OC)ccc1OC. The maximum absolute atomic E-state index is 14.1. The number of aryl methyl sites for hydroxylation is 1. The predicted molar refractivity (Wildman–Crippen MR) is 168 cm³/mol. The quantitative estimate of drug-likeness (QED) is 0.253. The fourth-order valence-corrected chi connectivity index (χ4v) is 6.86. The fourth-order valence-electron chi connectivity index (χ4n) is 5.15. The van der Waals surface area contributed by atoms with Crippen molar-refractivity contribution in [3.63, 3.8) is 0 Å². The molecule has 1 atom stereocenters. The first kappa shape index (κ1) is 29.6. The third-order valence-corrected chi connectivity index (χ3v) is 8.96. The number of hydrogen-bond donors (Lipinski definition) is 0. The lowest BCUT2D eigenvalue weighted by Crippen LogP contribution is -2.43. The van der Waals surface area contributed by atoms with Crippen LogP contribution in [0, 0.1) is 6.92 Å². The Labute approximate surface area is 256 Å². The number of ether oxygens (including phenoxy) is 2. The Morgan fingerprint density at radius 3 is 2.52 bits per heavy atom. The minimum atomic E-state index is -0.766. The fraction of sp³-hybridized carbons (Fsp3) is 0.281. The lowest BCUT2D eigenvalue weighted by atomic mass is 9.93. The number of methoxy groups -OCH3 is 2. The molecule has 218 valence electrons. The highest BCUT2D eigenvalue weighted by molar-refractivity contribution is 9.10. The third-order valence-electron chi connectivity index (χ3n) is 7.32. The summed E-state index contributed by atoms with van der Waals surface area (Å²) >= 11 is 4.87. The maximum Gasteiger partial charge on any atom is 0.271 e. The molecule has 2 aromatic carbocycles. The summed E-state index contributed by atoms with van der Waals surface area (Å²) in [5, 5.41) is 0. The van der Waals surface area contributed by atoms with Gasteiger partial charge < -0.3 is 18.8 Å². The average molecular weight is 651 g/mol. The van der Waals surface area contributed by atoms with Gasteiger partial charge in [-0.3, -0.25) is 14.2 Å². The molecule has 0 bridgehead atoms. The molecular formula is C32H32BrN3O5S. The zero-order chi connectivity index (χ0) is 30.1. The first-order valence-electron chi connectivity index (χ1n) is 13.6. The Bertz CT molecular complexity index is 1880. The van der Waals surface area contributed by atoms with E-state index in [4.69, 9.17) is 18.9 Å². The largest absolute Gasteiger partial charge is 0.497 e. The summed E-state index contributed by atoms with van der Waals surface area (Å²) in [6, 6.07) is 14.4. The Balaban J connectivity index is 1.70. The van der Waals surface area contributed by atoms with Crippen molar-refractivity contribution in [2.24, 2.45) is 4.99 Å². The number of carbonyl (C=O) groups excluding carboxylic acids is 1. The standard InChI is InChI=1S/C32H32BrN3O5S/c1-7-35(8-2)31(38)28-19(4)34-32-36(29(28)23-16-20(39-5)10-13-25(23)40-6)30(37)27(42-32)17-21-11-14-26(41-21)22-12-9-18(3)15-24(22)33/h9-17,29H,7-8H2,1-6H3/b27-17+/t29-/m1/s1. The Morgan fingerprint density at radius 2 is 1.86 bits per heavy atom. The molecule has 42 heavy (non-hydrogen) atoms. The monoisotopic (exact) mass is 649 g/mol. The number of hydrogen-bond acceptors (Lipinski definition) is 7. The number of allylic oxidation sites excluding steroid dienone is 1. The number of thiazole rings is 1. The molecule has 1 amide bonds. The Kier molecular flexibility index (Phi) is 8.56. The van der Waals surface area contributed by atoms with Crippen LogP contribution in [0.2, 0.25) is 0 Å². The smallest absolute Gasteiger partial charge is 0.271 e. The molecule has 10 heteroatoms. The van der Waals surface area contributed by atoms with E-state index in [0.29, 0.717) is 62.3 Å². The molecule has 0 saturated heterocycles. The molecule has 0 radical (unpaired) electrons. The molecule has 0 aliphatic carbocycles. The van der Waals surface area contributed by atoms with Gasteiger partial charge in [-0.15, -0.1) is 0 Å². The van der Waals surface area contributed by atoms with E-state index < -0.39 is 6.04 Å². The van der Waals surface area contributed by atoms with E-state index in [-0.39, 0.29) is 11.5 Å². The molecule has 3 heterocycles. The van der Waals surface area contributed by atoms with Crippen LogP contribution in [-0.4, -0.2) is 42.7 Å². The molecule has 2 aromatic heterocycles. The number of carbonyl (C=O) groups is 1. The van der Waals surface area contributed by atoms with Gasteiger partial charge in [0.25, 0.3) is 11.5 Å². The summed E-state index contributed by atoms with van der Waals surface area (Å²) in [6.45, 7) is 8.75. The van der Waals surface area contributed by atoms with Crippen LogP contribution in [0.5, 0.6) is 11.5 Å².